The Kier molecular flexibility index (Phi) is 8.00. The van der Waals surface area contributed by atoms with Crippen molar-refractivity contribution in [2.45, 2.75) is 17.2 Å². The van der Waals surface area contributed by atoms with Crippen LogP contribution in [-0.4, -0.2) is 29.8 Å². The molecule has 8 heteroatoms. The van der Waals surface area contributed by atoms with Crippen LogP contribution < -0.4 is 0 Å². The molecule has 0 amide bonds. The van der Waals surface area contributed by atoms with E-state index in [0.717, 1.165) is 60.4 Å². The molecule has 0 saturated heterocycles. The number of halogens is 4. The van der Waals surface area contributed by atoms with Gasteiger partial charge in [0.15, 0.2) is 0 Å². The number of rotatable bonds is 6. The van der Waals surface area contributed by atoms with Crippen LogP contribution in [0.4, 0.5) is 0 Å². The van der Waals surface area contributed by atoms with Gasteiger partial charge in [0.1, 0.15) is 0 Å². The van der Waals surface area contributed by atoms with Crippen molar-refractivity contribution >= 4 is 77.3 Å². The average Bonchev–Trinajstić information content (AvgIpc) is 3.48. The SMILES string of the molecule is C[Se]CC(O)c1cc(Cl)cc2c1-c1ccc(Cl)cc1C2=Cc1cn(-c2ccc(Cl)cc2)nc1-c1ccc(Br)cc1. The third-order valence-electron chi connectivity index (χ3n) is 6.90. The van der Waals surface area contributed by atoms with Gasteiger partial charge in [-0.1, -0.05) is 27.5 Å². The van der Waals surface area contributed by atoms with Crippen molar-refractivity contribution in [1.82, 2.24) is 9.78 Å². The number of aromatic nitrogens is 2. The first kappa shape index (κ1) is 27.8. The molecule has 4 aromatic carbocycles. The summed E-state index contributed by atoms with van der Waals surface area (Å²) >= 11 is 23.2. The van der Waals surface area contributed by atoms with Gasteiger partial charge in [-0.25, -0.2) is 0 Å². The van der Waals surface area contributed by atoms with Crippen molar-refractivity contribution in [2.24, 2.45) is 0 Å². The van der Waals surface area contributed by atoms with Gasteiger partial charge < -0.3 is 0 Å². The maximum atomic E-state index is 11.1. The fraction of sp³-hybridized carbons (Fsp3) is 0.0938. The molecule has 3 nitrogen and oxygen atoms in total. The standard InChI is InChI=1S/C32H22BrCl3N2OSe/c1-40-17-30(39)29-15-23(36)14-28-26(27-13-22(35)8-11-25(27)31(28)29)12-19-16-38(24-9-6-21(34)7-10-24)37-32(19)18-2-4-20(33)5-3-18/h2-16,30,39H,17H2,1H3. The summed E-state index contributed by atoms with van der Waals surface area (Å²) in [5.74, 6) is 2.13. The molecule has 0 aliphatic heterocycles. The Balaban J connectivity index is 1.60. The monoisotopic (exact) mass is 714 g/mol. The van der Waals surface area contributed by atoms with E-state index in [1.165, 1.54) is 0 Å². The van der Waals surface area contributed by atoms with Crippen LogP contribution in [-0.2, 0) is 0 Å². The van der Waals surface area contributed by atoms with Crippen molar-refractivity contribution in [3.05, 3.63) is 127 Å². The fourth-order valence-corrected chi connectivity index (χ4v) is 6.94. The predicted octanol–water partition coefficient (Wildman–Crippen LogP) is 10.0. The number of aliphatic hydroxyl groups excluding tert-OH is 1. The van der Waals surface area contributed by atoms with Crippen molar-refractivity contribution < 1.29 is 5.11 Å². The summed E-state index contributed by atoms with van der Waals surface area (Å²) in [7, 11) is 0. The minimum atomic E-state index is -0.591. The molecule has 0 fully saturated rings. The van der Waals surface area contributed by atoms with Crippen molar-refractivity contribution in [3.8, 4) is 28.1 Å². The Bertz CT molecular complexity index is 1760. The van der Waals surface area contributed by atoms with E-state index in [-0.39, 0.29) is 0 Å². The molecule has 5 aromatic rings. The van der Waals surface area contributed by atoms with Gasteiger partial charge in [0.2, 0.25) is 0 Å². The topological polar surface area (TPSA) is 38.0 Å². The van der Waals surface area contributed by atoms with Crippen LogP contribution in [0.15, 0.2) is 89.5 Å². The number of hydrogen-bond acceptors (Lipinski definition) is 2. The molecule has 1 N–H and O–H groups in total. The number of benzene rings is 4. The van der Waals surface area contributed by atoms with Crippen LogP contribution >= 0.6 is 50.7 Å². The number of aliphatic hydroxyl groups is 1. The van der Waals surface area contributed by atoms with Gasteiger partial charge >= 0.3 is 215 Å². The second-order valence-corrected chi connectivity index (χ2v) is 13.6. The van der Waals surface area contributed by atoms with Gasteiger partial charge in [0, 0.05) is 9.50 Å². The van der Waals surface area contributed by atoms with Crippen LogP contribution in [0.3, 0.4) is 0 Å². The van der Waals surface area contributed by atoms with E-state index in [4.69, 9.17) is 39.9 Å². The summed E-state index contributed by atoms with van der Waals surface area (Å²) in [4.78, 5) is 0. The fourth-order valence-electron chi connectivity index (χ4n) is 5.12. The van der Waals surface area contributed by atoms with Crippen LogP contribution in [0, 0.1) is 0 Å². The van der Waals surface area contributed by atoms with E-state index in [2.05, 4.69) is 27.8 Å². The van der Waals surface area contributed by atoms with E-state index in [0.29, 0.717) is 35.3 Å². The van der Waals surface area contributed by atoms with Gasteiger partial charge in [-0.05, 0) is 12.1 Å². The Morgan fingerprint density at radius 3 is 2.30 bits per heavy atom. The Morgan fingerprint density at radius 2 is 1.57 bits per heavy atom. The molecule has 1 atom stereocenters. The van der Waals surface area contributed by atoms with Gasteiger partial charge in [-0.3, -0.25) is 0 Å². The molecular weight excluding hydrogens is 694 g/mol. The first-order valence-electron chi connectivity index (χ1n) is 12.5. The molecule has 200 valence electrons. The molecule has 1 heterocycles. The maximum absolute atomic E-state index is 11.1. The van der Waals surface area contributed by atoms with E-state index in [9.17, 15) is 5.11 Å². The molecule has 1 aliphatic carbocycles. The minimum absolute atomic E-state index is 0.310. The van der Waals surface area contributed by atoms with Crippen molar-refractivity contribution in [2.75, 3.05) is 0 Å². The molecule has 6 rings (SSSR count). The zero-order chi connectivity index (χ0) is 28.0. The quantitative estimate of drug-likeness (QED) is 0.175. The van der Waals surface area contributed by atoms with Crippen molar-refractivity contribution in [1.29, 1.82) is 0 Å². The van der Waals surface area contributed by atoms with E-state index >= 15 is 0 Å². The van der Waals surface area contributed by atoms with Crippen LogP contribution in [0.25, 0.3) is 39.7 Å². The first-order valence-corrected chi connectivity index (χ1v) is 17.3. The molecule has 0 spiro atoms. The van der Waals surface area contributed by atoms with Gasteiger partial charge in [-0.2, -0.15) is 0 Å². The molecular formula is C32H22BrCl3N2OSe. The zero-order valence-corrected chi connectivity index (χ0v) is 26.8. The summed E-state index contributed by atoms with van der Waals surface area (Å²) in [5, 5.41) is 18.7. The first-order chi connectivity index (χ1) is 19.3. The number of hydrogen-bond donors (Lipinski definition) is 1. The van der Waals surface area contributed by atoms with E-state index < -0.39 is 6.10 Å². The number of fused-ring (bicyclic) bond motifs is 3. The van der Waals surface area contributed by atoms with E-state index in [1.807, 2.05) is 89.7 Å². The normalized spacial score (nSPS) is 13.9. The second-order valence-electron chi connectivity index (χ2n) is 9.50. The second kappa shape index (κ2) is 11.5. The molecule has 0 radical (unpaired) electrons. The van der Waals surface area contributed by atoms with Gasteiger partial charge in [0.05, 0.1) is 0 Å². The molecule has 40 heavy (non-hydrogen) atoms. The summed E-state index contributed by atoms with van der Waals surface area (Å²) in [6.45, 7) is 0. The summed E-state index contributed by atoms with van der Waals surface area (Å²) in [6.07, 6.45) is 3.58. The predicted molar refractivity (Wildman–Crippen MR) is 172 cm³/mol. The molecule has 1 unspecified atom stereocenters. The Morgan fingerprint density at radius 1 is 0.875 bits per heavy atom. The zero-order valence-electron chi connectivity index (χ0n) is 21.2. The molecule has 0 saturated carbocycles. The van der Waals surface area contributed by atoms with Crippen LogP contribution in [0.1, 0.15) is 28.4 Å². The Hall–Kier alpha value is -2.34. The number of nitrogens with zero attached hydrogens (tertiary/aromatic N) is 2. The Labute approximate surface area is 262 Å². The average molecular weight is 716 g/mol. The van der Waals surface area contributed by atoms with Crippen molar-refractivity contribution in [3.63, 3.8) is 0 Å². The van der Waals surface area contributed by atoms with Crippen LogP contribution in [0.5, 0.6) is 0 Å². The summed E-state index contributed by atoms with van der Waals surface area (Å²) in [5.41, 5.74) is 9.52. The van der Waals surface area contributed by atoms with Crippen LogP contribution in [0.2, 0.25) is 26.2 Å². The summed E-state index contributed by atoms with van der Waals surface area (Å²) in [6, 6.07) is 25.5. The summed E-state index contributed by atoms with van der Waals surface area (Å²) < 4.78 is 2.86. The van der Waals surface area contributed by atoms with Gasteiger partial charge in [-0.15, -0.1) is 0 Å². The van der Waals surface area contributed by atoms with Gasteiger partial charge in [0.25, 0.3) is 0 Å². The molecule has 1 aliphatic rings. The third-order valence-corrected chi connectivity index (χ3v) is 9.50. The molecule has 0 bridgehead atoms. The molecule has 1 aromatic heterocycles. The third kappa shape index (κ3) is 5.33. The van der Waals surface area contributed by atoms with E-state index in [1.54, 1.807) is 0 Å².